The molecule has 2 aliphatic heterocycles. The molecule has 0 aromatic heterocycles. The van der Waals surface area contributed by atoms with E-state index in [2.05, 4.69) is 20.9 Å². The van der Waals surface area contributed by atoms with Crippen molar-refractivity contribution in [3.63, 3.8) is 0 Å². The van der Waals surface area contributed by atoms with Gasteiger partial charge in [0.2, 0.25) is 0 Å². The Balaban J connectivity index is 2.04. The van der Waals surface area contributed by atoms with E-state index in [-0.39, 0.29) is 34.3 Å². The van der Waals surface area contributed by atoms with Crippen LogP contribution in [0.15, 0.2) is 27.7 Å². The van der Waals surface area contributed by atoms with Crippen LogP contribution in [0.25, 0.3) is 0 Å². The molecule has 136 valence electrons. The molecule has 0 spiro atoms. The number of hydrogen-bond acceptors (Lipinski definition) is 4. The predicted octanol–water partition coefficient (Wildman–Crippen LogP) is 3.24. The largest absolute Gasteiger partial charge is 0.313 e. The molecule has 25 heavy (non-hydrogen) atoms. The molecule has 3 rings (SSSR count). The third kappa shape index (κ3) is 3.78. The Bertz CT molecular complexity index is 844. The van der Waals surface area contributed by atoms with Gasteiger partial charge in [0.25, 0.3) is 5.91 Å². The maximum atomic E-state index is 14.5. The fraction of sp³-hybridized carbons (Fsp3) is 0.500. The summed E-state index contributed by atoms with van der Waals surface area (Å²) in [5.41, 5.74) is 0.246. The van der Waals surface area contributed by atoms with Gasteiger partial charge < -0.3 is 4.90 Å². The van der Waals surface area contributed by atoms with Crippen molar-refractivity contribution in [3.05, 3.63) is 28.5 Å². The van der Waals surface area contributed by atoms with Gasteiger partial charge in [-0.05, 0) is 24.6 Å². The van der Waals surface area contributed by atoms with E-state index >= 15 is 0 Å². The number of carbonyl (C=O) groups is 1. The third-order valence-corrected chi connectivity index (χ3v) is 8.18. The summed E-state index contributed by atoms with van der Waals surface area (Å²) < 4.78 is 39.1. The number of sulfone groups is 1. The first-order chi connectivity index (χ1) is 11.7. The Morgan fingerprint density at radius 2 is 2.20 bits per heavy atom. The summed E-state index contributed by atoms with van der Waals surface area (Å²) in [6.45, 7) is 3.69. The lowest BCUT2D eigenvalue weighted by Crippen LogP contribution is -2.38. The van der Waals surface area contributed by atoms with Crippen molar-refractivity contribution in [2.45, 2.75) is 31.6 Å². The van der Waals surface area contributed by atoms with Crippen LogP contribution in [0.3, 0.4) is 0 Å². The number of thioether (sulfide) groups is 1. The average Bonchev–Trinajstić information content (AvgIpc) is 2.98. The first-order valence-electron chi connectivity index (χ1n) is 7.95. The van der Waals surface area contributed by atoms with E-state index in [4.69, 9.17) is 0 Å². The molecule has 0 saturated carbocycles. The number of carbonyl (C=O) groups excluding carboxylic acids is 1. The number of anilines is 1. The van der Waals surface area contributed by atoms with Crippen LogP contribution in [0.5, 0.6) is 0 Å². The van der Waals surface area contributed by atoms with Crippen molar-refractivity contribution < 1.29 is 17.6 Å². The molecule has 1 amide bonds. The van der Waals surface area contributed by atoms with Gasteiger partial charge in [-0.3, -0.25) is 4.79 Å². The number of amidine groups is 1. The van der Waals surface area contributed by atoms with Gasteiger partial charge in [0.15, 0.2) is 15.0 Å². The molecule has 9 heteroatoms. The summed E-state index contributed by atoms with van der Waals surface area (Å²) in [4.78, 5) is 18.0. The summed E-state index contributed by atoms with van der Waals surface area (Å²) in [6, 6.07) is 4.18. The zero-order chi connectivity index (χ0) is 18.4. The molecule has 2 saturated heterocycles. The van der Waals surface area contributed by atoms with Gasteiger partial charge in [0, 0.05) is 15.6 Å². The lowest BCUT2D eigenvalue weighted by Gasteiger charge is -2.25. The van der Waals surface area contributed by atoms with Crippen LogP contribution in [-0.4, -0.2) is 42.3 Å². The van der Waals surface area contributed by atoms with E-state index in [1.54, 1.807) is 24.0 Å². The number of halogens is 2. The van der Waals surface area contributed by atoms with Crippen molar-refractivity contribution in [3.8, 4) is 0 Å². The number of nitrogens with zero attached hydrogens (tertiary/aromatic N) is 2. The molecule has 0 N–H and O–H groups in total. The van der Waals surface area contributed by atoms with E-state index in [9.17, 15) is 17.6 Å². The Morgan fingerprint density at radius 1 is 1.48 bits per heavy atom. The number of aliphatic imine (C=N–C) groups is 1. The van der Waals surface area contributed by atoms with Crippen LogP contribution in [0.1, 0.15) is 20.3 Å². The van der Waals surface area contributed by atoms with Gasteiger partial charge in [0.05, 0.1) is 23.2 Å². The minimum absolute atomic E-state index is 0.0214. The minimum atomic E-state index is -3.17. The molecule has 0 radical (unpaired) electrons. The molecule has 2 fully saturated rings. The zero-order valence-corrected chi connectivity index (χ0v) is 17.0. The minimum Gasteiger partial charge on any atom is -0.313 e. The van der Waals surface area contributed by atoms with E-state index in [0.29, 0.717) is 16.1 Å². The fourth-order valence-electron chi connectivity index (χ4n) is 2.90. The van der Waals surface area contributed by atoms with Crippen molar-refractivity contribution in [1.82, 2.24) is 0 Å². The average molecular weight is 449 g/mol. The molecule has 0 aliphatic carbocycles. The van der Waals surface area contributed by atoms with Gasteiger partial charge in [-0.15, -0.1) is 0 Å². The molecule has 5 nitrogen and oxygen atoms in total. The Labute approximate surface area is 159 Å². The van der Waals surface area contributed by atoms with E-state index < -0.39 is 21.7 Å². The molecule has 2 aliphatic rings. The maximum absolute atomic E-state index is 14.5. The lowest BCUT2D eigenvalue weighted by atomic mass is 10.1. The highest BCUT2D eigenvalue weighted by Gasteiger charge is 2.50. The highest BCUT2D eigenvalue weighted by Crippen LogP contribution is 2.42. The zero-order valence-electron chi connectivity index (χ0n) is 13.8. The van der Waals surface area contributed by atoms with Gasteiger partial charge in [-0.2, -0.15) is 4.99 Å². The first kappa shape index (κ1) is 18.8. The highest BCUT2D eigenvalue weighted by atomic mass is 79.9. The smallest absolute Gasteiger partial charge is 0.250 e. The van der Waals surface area contributed by atoms with Crippen molar-refractivity contribution >= 4 is 54.3 Å². The Morgan fingerprint density at radius 3 is 2.84 bits per heavy atom. The lowest BCUT2D eigenvalue weighted by molar-refractivity contribution is -0.121. The van der Waals surface area contributed by atoms with Crippen LogP contribution in [-0.2, 0) is 14.6 Å². The van der Waals surface area contributed by atoms with Gasteiger partial charge >= 0.3 is 0 Å². The second kappa shape index (κ2) is 7.00. The van der Waals surface area contributed by atoms with Gasteiger partial charge in [-0.1, -0.05) is 41.5 Å². The first-order valence-corrected chi connectivity index (χ1v) is 11.4. The quantitative estimate of drug-likeness (QED) is 0.709. The van der Waals surface area contributed by atoms with Crippen LogP contribution in [0, 0.1) is 11.7 Å². The third-order valence-electron chi connectivity index (χ3n) is 4.48. The molecule has 3 atom stereocenters. The fourth-order valence-corrected chi connectivity index (χ4v) is 7.15. The standard InChI is InChI=1S/C16H18BrFN2O3S2/c1-3-9(2)15(21)19-16-20(12-5-4-10(17)6-11(12)18)13-7-25(22,23)8-14(13)24-16/h4-6,9,13-14H,3,7-8H2,1-2H3/t9-,13-,14+/m1/s1. The maximum Gasteiger partial charge on any atom is 0.250 e. The monoisotopic (exact) mass is 448 g/mol. The van der Waals surface area contributed by atoms with Crippen molar-refractivity contribution in [1.29, 1.82) is 0 Å². The van der Waals surface area contributed by atoms with Crippen LogP contribution in [0.4, 0.5) is 10.1 Å². The normalized spacial score (nSPS) is 27.5. The number of benzene rings is 1. The van der Waals surface area contributed by atoms with Crippen molar-refractivity contribution in [2.24, 2.45) is 10.9 Å². The van der Waals surface area contributed by atoms with Gasteiger partial charge in [0.1, 0.15) is 5.82 Å². The van der Waals surface area contributed by atoms with E-state index in [1.807, 2.05) is 6.92 Å². The molecule has 2 heterocycles. The van der Waals surface area contributed by atoms with Gasteiger partial charge in [-0.25, -0.2) is 12.8 Å². The second-order valence-electron chi connectivity index (χ2n) is 6.31. The highest BCUT2D eigenvalue weighted by molar-refractivity contribution is 9.10. The molecular formula is C16H18BrFN2O3S2. The molecule has 1 aromatic rings. The summed E-state index contributed by atoms with van der Waals surface area (Å²) in [5, 5.41) is 0.146. The summed E-state index contributed by atoms with van der Waals surface area (Å²) in [6.07, 6.45) is 0.661. The number of fused-ring (bicyclic) bond motifs is 1. The topological polar surface area (TPSA) is 66.8 Å². The van der Waals surface area contributed by atoms with Crippen LogP contribution < -0.4 is 4.90 Å². The Kier molecular flexibility index (Phi) is 5.28. The van der Waals surface area contributed by atoms with Crippen LogP contribution in [0.2, 0.25) is 0 Å². The SMILES string of the molecule is CC[C@@H](C)C(=O)N=C1S[C@H]2CS(=O)(=O)C[C@H]2N1c1ccc(Br)cc1F. The summed E-state index contributed by atoms with van der Waals surface area (Å²) in [7, 11) is -3.17. The van der Waals surface area contributed by atoms with E-state index in [0.717, 1.165) is 0 Å². The van der Waals surface area contributed by atoms with E-state index in [1.165, 1.54) is 17.8 Å². The second-order valence-corrected chi connectivity index (χ2v) is 10.6. The van der Waals surface area contributed by atoms with Crippen molar-refractivity contribution in [2.75, 3.05) is 16.4 Å². The molecule has 1 aromatic carbocycles. The number of hydrogen-bond donors (Lipinski definition) is 0. The molecule has 0 unspecified atom stereocenters. The summed E-state index contributed by atoms with van der Waals surface area (Å²) >= 11 is 4.47. The predicted molar refractivity (Wildman–Crippen MR) is 102 cm³/mol. The summed E-state index contributed by atoms with van der Waals surface area (Å²) in [5.74, 6) is -1.02. The molecule has 0 bridgehead atoms. The number of amides is 1. The Hall–Kier alpha value is -0.930. The van der Waals surface area contributed by atoms with Crippen LogP contribution >= 0.6 is 27.7 Å². The number of rotatable bonds is 3. The molecular weight excluding hydrogens is 431 g/mol.